The van der Waals surface area contributed by atoms with E-state index in [0.717, 1.165) is 0 Å². The van der Waals surface area contributed by atoms with Crippen LogP contribution in [0.25, 0.3) is 0 Å². The maximum Gasteiger partial charge on any atom is 0.214 e. The van der Waals surface area contributed by atoms with E-state index in [1.807, 2.05) is 0 Å². The molecular formula is C18H14O4S. The van der Waals surface area contributed by atoms with Gasteiger partial charge in [0.1, 0.15) is 22.0 Å². The van der Waals surface area contributed by atoms with Crippen LogP contribution in [0.4, 0.5) is 0 Å². The normalized spacial score (nSPS) is 9.83. The van der Waals surface area contributed by atoms with Crippen molar-refractivity contribution in [2.45, 2.75) is 23.6 Å². The first kappa shape index (κ1) is 16.5. The van der Waals surface area contributed by atoms with E-state index in [-0.39, 0.29) is 21.3 Å². The Balaban J connectivity index is 2.59. The van der Waals surface area contributed by atoms with Crippen LogP contribution in [0, 0.1) is 24.1 Å². The molecule has 0 saturated heterocycles. The van der Waals surface area contributed by atoms with E-state index in [2.05, 4.69) is 24.1 Å². The number of benzene rings is 2. The lowest BCUT2D eigenvalue weighted by atomic mass is 10.3. The highest BCUT2D eigenvalue weighted by Gasteiger charge is 2.25. The van der Waals surface area contributed by atoms with Gasteiger partial charge in [-0.1, -0.05) is 36.1 Å². The minimum absolute atomic E-state index is 0.0169. The number of hydrogen-bond donors (Lipinski definition) is 0. The topological polar surface area (TPSA) is 52.6 Å². The summed E-state index contributed by atoms with van der Waals surface area (Å²) in [6, 6.07) is 12.6. The van der Waals surface area contributed by atoms with E-state index in [1.54, 1.807) is 50.2 Å². The second-order valence-corrected chi connectivity index (χ2v) is 6.19. The quantitative estimate of drug-likeness (QED) is 0.810. The van der Waals surface area contributed by atoms with E-state index in [9.17, 15) is 8.42 Å². The fraction of sp³-hybridized carbons (Fsp3) is 0.111. The molecule has 23 heavy (non-hydrogen) atoms. The second-order valence-electron chi connectivity index (χ2n) is 4.31. The summed E-state index contributed by atoms with van der Waals surface area (Å²) in [5.41, 5.74) is 0. The first-order valence-electron chi connectivity index (χ1n) is 6.71. The molecule has 0 radical (unpaired) electrons. The summed E-state index contributed by atoms with van der Waals surface area (Å²) in [6.07, 6.45) is 4.82. The minimum atomic E-state index is -3.85. The fourth-order valence-electron chi connectivity index (χ4n) is 1.84. The van der Waals surface area contributed by atoms with Crippen molar-refractivity contribution in [3.05, 3.63) is 48.5 Å². The third-order valence-electron chi connectivity index (χ3n) is 2.80. The van der Waals surface area contributed by atoms with Crippen molar-refractivity contribution in [3.8, 4) is 35.6 Å². The third kappa shape index (κ3) is 3.66. The second kappa shape index (κ2) is 7.40. The largest absolute Gasteiger partial charge is 0.406 e. The Morgan fingerprint density at radius 1 is 0.739 bits per heavy atom. The molecule has 0 aliphatic rings. The van der Waals surface area contributed by atoms with Gasteiger partial charge in [-0.15, -0.1) is 0 Å². The standard InChI is InChI=1S/C18H14O4S/c1-3-13-21-15-9-5-7-11-17(15)23(19,20)18-12-8-6-10-16(18)22-14-4-2/h5-12H,1-2H3. The molecule has 2 rings (SSSR count). The third-order valence-corrected chi connectivity index (χ3v) is 4.64. The highest BCUT2D eigenvalue weighted by molar-refractivity contribution is 7.91. The lowest BCUT2D eigenvalue weighted by Crippen LogP contribution is -2.06. The van der Waals surface area contributed by atoms with Gasteiger partial charge in [0.2, 0.25) is 9.84 Å². The van der Waals surface area contributed by atoms with E-state index >= 15 is 0 Å². The Bertz CT molecular complexity index is 851. The molecule has 0 amide bonds. The molecule has 116 valence electrons. The summed E-state index contributed by atoms with van der Waals surface area (Å²) in [5.74, 6) is 5.46. The average molecular weight is 326 g/mol. The molecule has 0 fully saturated rings. The van der Waals surface area contributed by atoms with Crippen LogP contribution >= 0.6 is 0 Å². The number of rotatable bonds is 4. The molecule has 0 aliphatic carbocycles. The van der Waals surface area contributed by atoms with Gasteiger partial charge in [-0.3, -0.25) is 0 Å². The van der Waals surface area contributed by atoms with E-state index in [4.69, 9.17) is 9.47 Å². The van der Waals surface area contributed by atoms with Gasteiger partial charge in [0.15, 0.2) is 11.5 Å². The van der Waals surface area contributed by atoms with Gasteiger partial charge in [0, 0.05) is 13.8 Å². The zero-order valence-electron chi connectivity index (χ0n) is 12.7. The molecule has 0 bridgehead atoms. The van der Waals surface area contributed by atoms with Gasteiger partial charge in [-0.2, -0.15) is 0 Å². The van der Waals surface area contributed by atoms with Crippen LogP contribution < -0.4 is 9.47 Å². The summed E-state index contributed by atoms with van der Waals surface area (Å²) in [5, 5.41) is 0. The Kier molecular flexibility index (Phi) is 5.30. The van der Waals surface area contributed by atoms with Crippen LogP contribution in [0.1, 0.15) is 13.8 Å². The lowest BCUT2D eigenvalue weighted by molar-refractivity contribution is 0.493. The maximum atomic E-state index is 12.9. The van der Waals surface area contributed by atoms with Crippen LogP contribution in [-0.2, 0) is 9.84 Å². The Labute approximate surface area is 136 Å². The minimum Gasteiger partial charge on any atom is -0.406 e. The molecule has 2 aromatic rings. The van der Waals surface area contributed by atoms with E-state index in [1.165, 1.54) is 12.1 Å². The predicted octanol–water partition coefficient (Wildman–Crippen LogP) is 3.24. The Morgan fingerprint density at radius 3 is 1.52 bits per heavy atom. The Hall–Kier alpha value is -2.89. The summed E-state index contributed by atoms with van der Waals surface area (Å²) in [6.45, 7) is 3.20. The first-order valence-corrected chi connectivity index (χ1v) is 8.20. The van der Waals surface area contributed by atoms with Crippen molar-refractivity contribution in [1.82, 2.24) is 0 Å². The molecule has 4 nitrogen and oxygen atoms in total. The van der Waals surface area contributed by atoms with Crippen molar-refractivity contribution in [1.29, 1.82) is 0 Å². The smallest absolute Gasteiger partial charge is 0.214 e. The van der Waals surface area contributed by atoms with Gasteiger partial charge in [-0.05, 0) is 24.3 Å². The van der Waals surface area contributed by atoms with Crippen molar-refractivity contribution >= 4 is 9.84 Å². The predicted molar refractivity (Wildman–Crippen MR) is 86.5 cm³/mol. The molecule has 2 aromatic carbocycles. The summed E-state index contributed by atoms with van der Waals surface area (Å²) in [4.78, 5) is 0.0338. The number of para-hydroxylation sites is 2. The zero-order chi connectivity index (χ0) is 16.7. The molecule has 0 aliphatic heterocycles. The van der Waals surface area contributed by atoms with Gasteiger partial charge in [0.25, 0.3) is 0 Å². The van der Waals surface area contributed by atoms with Gasteiger partial charge >= 0.3 is 0 Å². The Morgan fingerprint density at radius 2 is 1.13 bits per heavy atom. The first-order chi connectivity index (χ1) is 11.1. The molecule has 0 aromatic heterocycles. The molecule has 0 unspecified atom stereocenters. The lowest BCUT2D eigenvalue weighted by Gasteiger charge is -2.10. The highest BCUT2D eigenvalue weighted by atomic mass is 32.2. The molecule has 5 heteroatoms. The molecule has 0 spiro atoms. The number of sulfone groups is 1. The van der Waals surface area contributed by atoms with E-state index in [0.29, 0.717) is 0 Å². The monoisotopic (exact) mass is 326 g/mol. The van der Waals surface area contributed by atoms with Crippen molar-refractivity contribution < 1.29 is 17.9 Å². The summed E-state index contributed by atoms with van der Waals surface area (Å²) in [7, 11) is -3.85. The van der Waals surface area contributed by atoms with E-state index < -0.39 is 9.84 Å². The van der Waals surface area contributed by atoms with Crippen molar-refractivity contribution in [2.24, 2.45) is 0 Å². The van der Waals surface area contributed by atoms with Crippen molar-refractivity contribution in [2.75, 3.05) is 0 Å². The summed E-state index contributed by atoms with van der Waals surface area (Å²) >= 11 is 0. The molecule has 0 N–H and O–H groups in total. The van der Waals surface area contributed by atoms with Gasteiger partial charge < -0.3 is 9.47 Å². The number of ether oxygens (including phenoxy) is 2. The van der Waals surface area contributed by atoms with Gasteiger partial charge in [-0.25, -0.2) is 8.42 Å². The van der Waals surface area contributed by atoms with Crippen LogP contribution in [0.5, 0.6) is 11.5 Å². The fourth-order valence-corrected chi connectivity index (χ4v) is 3.34. The molecular weight excluding hydrogens is 312 g/mol. The zero-order valence-corrected chi connectivity index (χ0v) is 13.5. The van der Waals surface area contributed by atoms with Crippen LogP contribution in [0.3, 0.4) is 0 Å². The van der Waals surface area contributed by atoms with Crippen LogP contribution in [0.2, 0.25) is 0 Å². The molecule has 0 saturated carbocycles. The van der Waals surface area contributed by atoms with Crippen LogP contribution in [-0.4, -0.2) is 8.42 Å². The highest BCUT2D eigenvalue weighted by Crippen LogP contribution is 2.33. The number of hydrogen-bond acceptors (Lipinski definition) is 4. The van der Waals surface area contributed by atoms with Crippen molar-refractivity contribution in [3.63, 3.8) is 0 Å². The summed E-state index contributed by atoms with van der Waals surface area (Å²) < 4.78 is 36.3. The molecule has 0 heterocycles. The van der Waals surface area contributed by atoms with Gasteiger partial charge in [0.05, 0.1) is 0 Å². The molecule has 0 atom stereocenters. The maximum absolute atomic E-state index is 12.9. The average Bonchev–Trinajstić information content (AvgIpc) is 2.58. The SMILES string of the molecule is CC#COc1ccccc1S(=O)(=O)c1ccccc1OC#CC. The van der Waals surface area contributed by atoms with Crippen LogP contribution in [0.15, 0.2) is 58.3 Å².